The third kappa shape index (κ3) is 5.06. The molecule has 1 N–H and O–H groups in total. The molecule has 0 amide bonds. The number of ether oxygens (including phenoxy) is 1. The molecular formula is C11H21NO. The number of nitrogens with one attached hydrogen (secondary N) is 1. The minimum atomic E-state index is 0.635. The summed E-state index contributed by atoms with van der Waals surface area (Å²) >= 11 is 0. The molecule has 0 aromatic rings. The Kier molecular flexibility index (Phi) is 5.87. The SMILES string of the molecule is COCCCCNC1C=CCCC1. The molecule has 76 valence electrons. The van der Waals surface area contributed by atoms with Gasteiger partial charge in [-0.1, -0.05) is 12.2 Å². The summed E-state index contributed by atoms with van der Waals surface area (Å²) in [5.74, 6) is 0. The highest BCUT2D eigenvalue weighted by molar-refractivity contribution is 4.97. The number of unbranched alkanes of at least 4 members (excludes halogenated alkanes) is 1. The van der Waals surface area contributed by atoms with E-state index in [1.165, 1.54) is 32.1 Å². The first-order valence-corrected chi connectivity index (χ1v) is 5.32. The maximum atomic E-state index is 4.99. The third-order valence-corrected chi connectivity index (χ3v) is 2.44. The van der Waals surface area contributed by atoms with Crippen LogP contribution < -0.4 is 5.32 Å². The van der Waals surface area contributed by atoms with E-state index in [2.05, 4.69) is 17.5 Å². The molecule has 0 aromatic carbocycles. The summed E-state index contributed by atoms with van der Waals surface area (Å²) in [7, 11) is 1.76. The van der Waals surface area contributed by atoms with Gasteiger partial charge in [0, 0.05) is 19.8 Å². The second kappa shape index (κ2) is 7.10. The van der Waals surface area contributed by atoms with Crippen LogP contribution in [0.15, 0.2) is 12.2 Å². The van der Waals surface area contributed by atoms with Crippen molar-refractivity contribution in [2.45, 2.75) is 38.1 Å². The number of methoxy groups -OCH3 is 1. The van der Waals surface area contributed by atoms with E-state index in [9.17, 15) is 0 Å². The van der Waals surface area contributed by atoms with E-state index >= 15 is 0 Å². The normalized spacial score (nSPS) is 22.1. The average Bonchev–Trinajstić information content (AvgIpc) is 2.19. The van der Waals surface area contributed by atoms with E-state index < -0.39 is 0 Å². The molecule has 0 radical (unpaired) electrons. The molecule has 13 heavy (non-hydrogen) atoms. The highest BCUT2D eigenvalue weighted by atomic mass is 16.5. The molecule has 2 heteroatoms. The van der Waals surface area contributed by atoms with Crippen LogP contribution in [-0.2, 0) is 4.74 Å². The Hall–Kier alpha value is -0.340. The first-order chi connectivity index (χ1) is 6.43. The maximum Gasteiger partial charge on any atom is 0.0462 e. The molecule has 0 spiro atoms. The van der Waals surface area contributed by atoms with Gasteiger partial charge in [-0.2, -0.15) is 0 Å². The number of hydrogen-bond acceptors (Lipinski definition) is 2. The molecule has 1 aliphatic carbocycles. The fraction of sp³-hybridized carbons (Fsp3) is 0.818. The first-order valence-electron chi connectivity index (χ1n) is 5.32. The summed E-state index contributed by atoms with van der Waals surface area (Å²) in [6, 6.07) is 0.635. The Morgan fingerprint density at radius 1 is 1.46 bits per heavy atom. The average molecular weight is 183 g/mol. The predicted octanol–water partition coefficient (Wildman–Crippen LogP) is 2.11. The lowest BCUT2D eigenvalue weighted by Gasteiger charge is -2.17. The van der Waals surface area contributed by atoms with E-state index in [-0.39, 0.29) is 0 Å². The lowest BCUT2D eigenvalue weighted by atomic mass is 10.0. The summed E-state index contributed by atoms with van der Waals surface area (Å²) in [6.07, 6.45) is 10.9. The first kappa shape index (κ1) is 10.7. The van der Waals surface area contributed by atoms with E-state index in [0.29, 0.717) is 6.04 Å². The van der Waals surface area contributed by atoms with E-state index in [1.54, 1.807) is 7.11 Å². The molecule has 0 aliphatic heterocycles. The van der Waals surface area contributed by atoms with Gasteiger partial charge >= 0.3 is 0 Å². The number of hydrogen-bond donors (Lipinski definition) is 1. The van der Waals surface area contributed by atoms with E-state index in [1.807, 2.05) is 0 Å². The van der Waals surface area contributed by atoms with Crippen molar-refractivity contribution in [1.82, 2.24) is 5.32 Å². The van der Waals surface area contributed by atoms with Crippen molar-refractivity contribution in [1.29, 1.82) is 0 Å². The third-order valence-electron chi connectivity index (χ3n) is 2.44. The molecule has 1 aliphatic rings. The molecule has 0 saturated heterocycles. The van der Waals surface area contributed by atoms with Gasteiger partial charge in [0.05, 0.1) is 0 Å². The lowest BCUT2D eigenvalue weighted by molar-refractivity contribution is 0.192. The molecule has 0 bridgehead atoms. The Morgan fingerprint density at radius 2 is 2.38 bits per heavy atom. The van der Waals surface area contributed by atoms with Crippen molar-refractivity contribution in [2.24, 2.45) is 0 Å². The second-order valence-electron chi connectivity index (χ2n) is 3.62. The van der Waals surface area contributed by atoms with Crippen LogP contribution in [0.25, 0.3) is 0 Å². The summed E-state index contributed by atoms with van der Waals surface area (Å²) in [5.41, 5.74) is 0. The fourth-order valence-electron chi connectivity index (χ4n) is 1.64. The maximum absolute atomic E-state index is 4.99. The van der Waals surface area contributed by atoms with Gasteiger partial charge in [0.15, 0.2) is 0 Å². The van der Waals surface area contributed by atoms with Crippen LogP contribution in [-0.4, -0.2) is 26.3 Å². The zero-order chi connectivity index (χ0) is 9.36. The molecule has 2 nitrogen and oxygen atoms in total. The van der Waals surface area contributed by atoms with Gasteiger partial charge in [-0.25, -0.2) is 0 Å². The smallest absolute Gasteiger partial charge is 0.0462 e. The molecule has 0 aromatic heterocycles. The largest absolute Gasteiger partial charge is 0.385 e. The molecule has 1 unspecified atom stereocenters. The van der Waals surface area contributed by atoms with Crippen molar-refractivity contribution < 1.29 is 4.74 Å². The van der Waals surface area contributed by atoms with Crippen LogP contribution in [0.1, 0.15) is 32.1 Å². The molecule has 0 fully saturated rings. The Balaban J connectivity index is 1.92. The van der Waals surface area contributed by atoms with Crippen LogP contribution in [0.5, 0.6) is 0 Å². The zero-order valence-corrected chi connectivity index (χ0v) is 8.59. The van der Waals surface area contributed by atoms with Crippen molar-refractivity contribution >= 4 is 0 Å². The van der Waals surface area contributed by atoms with E-state index in [0.717, 1.165) is 13.2 Å². The summed E-state index contributed by atoms with van der Waals surface area (Å²) in [6.45, 7) is 2.01. The van der Waals surface area contributed by atoms with Crippen LogP contribution >= 0.6 is 0 Å². The van der Waals surface area contributed by atoms with Crippen molar-refractivity contribution in [3.63, 3.8) is 0 Å². The summed E-state index contributed by atoms with van der Waals surface area (Å²) in [5, 5.41) is 3.54. The highest BCUT2D eigenvalue weighted by Crippen LogP contribution is 2.09. The van der Waals surface area contributed by atoms with E-state index in [4.69, 9.17) is 4.74 Å². The Bertz CT molecular complexity index is 145. The monoisotopic (exact) mass is 183 g/mol. The molecular weight excluding hydrogens is 162 g/mol. The topological polar surface area (TPSA) is 21.3 Å². The molecule has 0 saturated carbocycles. The summed E-state index contributed by atoms with van der Waals surface area (Å²) < 4.78 is 4.99. The summed E-state index contributed by atoms with van der Waals surface area (Å²) in [4.78, 5) is 0. The van der Waals surface area contributed by atoms with Crippen LogP contribution in [0.2, 0.25) is 0 Å². The van der Waals surface area contributed by atoms with Crippen molar-refractivity contribution in [2.75, 3.05) is 20.3 Å². The van der Waals surface area contributed by atoms with Gasteiger partial charge < -0.3 is 10.1 Å². The quantitative estimate of drug-likeness (QED) is 0.503. The molecule has 1 rings (SSSR count). The van der Waals surface area contributed by atoms with Gasteiger partial charge in [0.2, 0.25) is 0 Å². The van der Waals surface area contributed by atoms with Gasteiger partial charge in [0.25, 0.3) is 0 Å². The Labute approximate surface area is 81.4 Å². The van der Waals surface area contributed by atoms with Gasteiger partial charge in [-0.3, -0.25) is 0 Å². The highest BCUT2D eigenvalue weighted by Gasteiger charge is 2.05. The fourth-order valence-corrected chi connectivity index (χ4v) is 1.64. The standard InChI is InChI=1S/C11H21NO/c1-13-10-6-5-9-12-11-7-3-2-4-8-11/h3,7,11-12H,2,4-6,8-10H2,1H3. The minimum absolute atomic E-state index is 0.635. The van der Waals surface area contributed by atoms with Crippen LogP contribution in [0.4, 0.5) is 0 Å². The van der Waals surface area contributed by atoms with Crippen molar-refractivity contribution in [3.05, 3.63) is 12.2 Å². The van der Waals surface area contributed by atoms with Gasteiger partial charge in [-0.15, -0.1) is 0 Å². The minimum Gasteiger partial charge on any atom is -0.385 e. The second-order valence-corrected chi connectivity index (χ2v) is 3.62. The molecule has 1 atom stereocenters. The van der Waals surface area contributed by atoms with Crippen molar-refractivity contribution in [3.8, 4) is 0 Å². The van der Waals surface area contributed by atoms with Gasteiger partial charge in [0.1, 0.15) is 0 Å². The number of rotatable bonds is 6. The van der Waals surface area contributed by atoms with Gasteiger partial charge in [-0.05, 0) is 38.6 Å². The zero-order valence-electron chi connectivity index (χ0n) is 8.59. The predicted molar refractivity (Wildman–Crippen MR) is 55.9 cm³/mol. The van der Waals surface area contributed by atoms with Crippen LogP contribution in [0, 0.1) is 0 Å². The number of allylic oxidation sites excluding steroid dienone is 1. The molecule has 0 heterocycles. The van der Waals surface area contributed by atoms with Crippen LogP contribution in [0.3, 0.4) is 0 Å². The Morgan fingerprint density at radius 3 is 3.08 bits per heavy atom. The lowest BCUT2D eigenvalue weighted by Crippen LogP contribution is -2.29.